The van der Waals surface area contributed by atoms with Gasteiger partial charge < -0.3 is 9.47 Å². The summed E-state index contributed by atoms with van der Waals surface area (Å²) in [4.78, 5) is 18.3. The highest BCUT2D eigenvalue weighted by Crippen LogP contribution is 2.26. The SMILES string of the molecule is C[C@H](Sc1nnc(-c2ccncc2)n1C)C(=O)N1CCCC1. The normalized spacial score (nSPS) is 16.0. The first-order valence-corrected chi connectivity index (χ1v) is 8.30. The second-order valence-corrected chi connectivity index (χ2v) is 6.70. The molecule has 6 nitrogen and oxygen atoms in total. The van der Waals surface area contributed by atoms with Gasteiger partial charge in [0, 0.05) is 38.1 Å². The minimum Gasteiger partial charge on any atom is -0.342 e. The van der Waals surface area contributed by atoms with E-state index in [4.69, 9.17) is 0 Å². The molecule has 1 saturated heterocycles. The Labute approximate surface area is 133 Å². The fourth-order valence-corrected chi connectivity index (χ4v) is 3.47. The lowest BCUT2D eigenvalue weighted by molar-refractivity contribution is -0.129. The lowest BCUT2D eigenvalue weighted by Gasteiger charge is -2.19. The summed E-state index contributed by atoms with van der Waals surface area (Å²) in [6.07, 6.45) is 5.69. The van der Waals surface area contributed by atoms with Gasteiger partial charge in [0.1, 0.15) is 0 Å². The Morgan fingerprint density at radius 2 is 1.91 bits per heavy atom. The van der Waals surface area contributed by atoms with Crippen molar-refractivity contribution in [3.8, 4) is 11.4 Å². The quantitative estimate of drug-likeness (QED) is 0.807. The third kappa shape index (κ3) is 2.99. The Morgan fingerprint density at radius 1 is 1.23 bits per heavy atom. The summed E-state index contributed by atoms with van der Waals surface area (Å²) in [5, 5.41) is 9.07. The van der Waals surface area contributed by atoms with Crippen LogP contribution in [0.15, 0.2) is 29.7 Å². The van der Waals surface area contributed by atoms with Crippen LogP contribution >= 0.6 is 11.8 Å². The largest absolute Gasteiger partial charge is 0.342 e. The van der Waals surface area contributed by atoms with Crippen molar-refractivity contribution in [1.82, 2.24) is 24.6 Å². The first-order chi connectivity index (χ1) is 10.7. The van der Waals surface area contributed by atoms with E-state index in [1.54, 1.807) is 12.4 Å². The molecule has 0 saturated carbocycles. The molecule has 1 fully saturated rings. The van der Waals surface area contributed by atoms with Crippen molar-refractivity contribution in [2.45, 2.75) is 30.2 Å². The van der Waals surface area contributed by atoms with Gasteiger partial charge in [0.05, 0.1) is 5.25 Å². The van der Waals surface area contributed by atoms with E-state index in [0.717, 1.165) is 42.5 Å². The minimum atomic E-state index is -0.147. The smallest absolute Gasteiger partial charge is 0.235 e. The standard InChI is InChI=1S/C15H19N5OS/c1-11(14(21)20-9-3-4-10-20)22-15-18-17-13(19(15)2)12-5-7-16-8-6-12/h5-8,11H,3-4,9-10H2,1-2H3/t11-/m0/s1. The molecule has 0 aromatic carbocycles. The van der Waals surface area contributed by atoms with Gasteiger partial charge in [-0.2, -0.15) is 0 Å². The average Bonchev–Trinajstić information content (AvgIpc) is 3.18. The van der Waals surface area contributed by atoms with Crippen molar-refractivity contribution in [3.63, 3.8) is 0 Å². The van der Waals surface area contributed by atoms with Gasteiger partial charge >= 0.3 is 0 Å². The summed E-state index contributed by atoms with van der Waals surface area (Å²) in [6, 6.07) is 3.80. The molecule has 3 rings (SSSR count). The van der Waals surface area contributed by atoms with Crippen molar-refractivity contribution in [1.29, 1.82) is 0 Å². The Balaban J connectivity index is 1.73. The van der Waals surface area contributed by atoms with E-state index in [2.05, 4.69) is 15.2 Å². The Hall–Kier alpha value is -1.89. The molecular formula is C15H19N5OS. The van der Waals surface area contributed by atoms with Crippen LogP contribution in [0.1, 0.15) is 19.8 Å². The van der Waals surface area contributed by atoms with Gasteiger partial charge in [-0.15, -0.1) is 10.2 Å². The van der Waals surface area contributed by atoms with Crippen LogP contribution in [0, 0.1) is 0 Å². The molecule has 2 aromatic heterocycles. The molecule has 0 aliphatic carbocycles. The zero-order valence-corrected chi connectivity index (χ0v) is 13.6. The molecule has 1 aliphatic heterocycles. The van der Waals surface area contributed by atoms with E-state index >= 15 is 0 Å². The van der Waals surface area contributed by atoms with Gasteiger partial charge in [-0.25, -0.2) is 0 Å². The van der Waals surface area contributed by atoms with Crippen LogP contribution in [0.5, 0.6) is 0 Å². The Kier molecular flexibility index (Phi) is 4.42. The number of pyridine rings is 1. The fraction of sp³-hybridized carbons (Fsp3) is 0.467. The van der Waals surface area contributed by atoms with E-state index in [-0.39, 0.29) is 11.2 Å². The van der Waals surface area contributed by atoms with E-state index in [9.17, 15) is 4.79 Å². The molecule has 0 radical (unpaired) electrons. The number of hydrogen-bond acceptors (Lipinski definition) is 5. The maximum atomic E-state index is 12.4. The molecule has 7 heteroatoms. The summed E-state index contributed by atoms with van der Waals surface area (Å²) in [6.45, 7) is 3.70. The molecule has 3 heterocycles. The molecule has 1 atom stereocenters. The van der Waals surface area contributed by atoms with Crippen LogP contribution in [0.3, 0.4) is 0 Å². The van der Waals surface area contributed by atoms with Crippen LogP contribution in [-0.2, 0) is 11.8 Å². The second kappa shape index (κ2) is 6.48. The van der Waals surface area contributed by atoms with Crippen molar-refractivity contribution in [2.24, 2.45) is 7.05 Å². The summed E-state index contributed by atoms with van der Waals surface area (Å²) in [7, 11) is 1.92. The summed E-state index contributed by atoms with van der Waals surface area (Å²) >= 11 is 1.46. The number of aromatic nitrogens is 4. The molecule has 0 spiro atoms. The van der Waals surface area contributed by atoms with Crippen molar-refractivity contribution in [2.75, 3.05) is 13.1 Å². The van der Waals surface area contributed by atoms with Crippen LogP contribution in [-0.4, -0.2) is 48.9 Å². The zero-order valence-electron chi connectivity index (χ0n) is 12.8. The number of nitrogens with zero attached hydrogens (tertiary/aromatic N) is 5. The number of rotatable bonds is 4. The van der Waals surface area contributed by atoms with Crippen molar-refractivity contribution < 1.29 is 4.79 Å². The van der Waals surface area contributed by atoms with Gasteiger partial charge in [-0.05, 0) is 31.9 Å². The Morgan fingerprint density at radius 3 is 2.59 bits per heavy atom. The highest BCUT2D eigenvalue weighted by Gasteiger charge is 2.25. The predicted octanol–water partition coefficient (Wildman–Crippen LogP) is 1.98. The predicted molar refractivity (Wildman–Crippen MR) is 85.4 cm³/mol. The minimum absolute atomic E-state index is 0.147. The maximum Gasteiger partial charge on any atom is 0.235 e. The number of carbonyl (C=O) groups excluding carboxylic acids is 1. The van der Waals surface area contributed by atoms with Crippen molar-refractivity contribution >= 4 is 17.7 Å². The zero-order chi connectivity index (χ0) is 15.5. The van der Waals surface area contributed by atoms with E-state index in [0.29, 0.717) is 0 Å². The Bertz CT molecular complexity index is 651. The van der Waals surface area contributed by atoms with Crippen LogP contribution in [0.25, 0.3) is 11.4 Å². The molecule has 116 valence electrons. The van der Waals surface area contributed by atoms with Gasteiger partial charge in [-0.3, -0.25) is 9.78 Å². The van der Waals surface area contributed by atoms with Crippen LogP contribution in [0.2, 0.25) is 0 Å². The van der Waals surface area contributed by atoms with Crippen molar-refractivity contribution in [3.05, 3.63) is 24.5 Å². The molecule has 2 aromatic rings. The topological polar surface area (TPSA) is 63.9 Å². The van der Waals surface area contributed by atoms with E-state index < -0.39 is 0 Å². The number of likely N-dealkylation sites (tertiary alicyclic amines) is 1. The fourth-order valence-electron chi connectivity index (χ4n) is 2.57. The molecule has 0 N–H and O–H groups in total. The number of hydrogen-bond donors (Lipinski definition) is 0. The average molecular weight is 317 g/mol. The third-order valence-corrected chi connectivity index (χ3v) is 4.94. The highest BCUT2D eigenvalue weighted by atomic mass is 32.2. The molecule has 0 unspecified atom stereocenters. The molecule has 1 aliphatic rings. The first-order valence-electron chi connectivity index (χ1n) is 7.42. The third-order valence-electron chi connectivity index (χ3n) is 3.82. The number of amides is 1. The summed E-state index contributed by atoms with van der Waals surface area (Å²) in [5.41, 5.74) is 0.968. The van der Waals surface area contributed by atoms with Crippen LogP contribution in [0.4, 0.5) is 0 Å². The summed E-state index contributed by atoms with van der Waals surface area (Å²) < 4.78 is 1.92. The highest BCUT2D eigenvalue weighted by molar-refractivity contribution is 8.00. The first kappa shape index (κ1) is 15.0. The molecule has 0 bridgehead atoms. The van der Waals surface area contributed by atoms with Gasteiger partial charge in [0.25, 0.3) is 0 Å². The summed E-state index contributed by atoms with van der Waals surface area (Å²) in [5.74, 6) is 0.974. The maximum absolute atomic E-state index is 12.4. The monoisotopic (exact) mass is 317 g/mol. The molecule has 1 amide bonds. The van der Waals surface area contributed by atoms with Crippen LogP contribution < -0.4 is 0 Å². The van der Waals surface area contributed by atoms with Gasteiger partial charge in [0.15, 0.2) is 11.0 Å². The lowest BCUT2D eigenvalue weighted by atomic mass is 10.2. The molecular weight excluding hydrogens is 298 g/mol. The number of thioether (sulfide) groups is 1. The van der Waals surface area contributed by atoms with Gasteiger partial charge in [0.2, 0.25) is 5.91 Å². The number of carbonyl (C=O) groups is 1. The molecule has 22 heavy (non-hydrogen) atoms. The lowest BCUT2D eigenvalue weighted by Crippen LogP contribution is -2.34. The van der Waals surface area contributed by atoms with Gasteiger partial charge in [-0.1, -0.05) is 11.8 Å². The van der Waals surface area contributed by atoms with E-state index in [1.807, 2.05) is 35.6 Å². The second-order valence-electron chi connectivity index (χ2n) is 5.39. The van der Waals surface area contributed by atoms with E-state index in [1.165, 1.54) is 11.8 Å².